The molecule has 0 amide bonds. The van der Waals surface area contributed by atoms with Crippen LogP contribution in [0.4, 0.5) is 10.7 Å². The summed E-state index contributed by atoms with van der Waals surface area (Å²) >= 11 is 1.00. The Labute approximate surface area is 161 Å². The molecule has 2 aliphatic rings. The number of ether oxygens (including phenoxy) is 1. The second kappa shape index (κ2) is 6.88. The summed E-state index contributed by atoms with van der Waals surface area (Å²) < 4.78 is 29.6. The van der Waals surface area contributed by atoms with E-state index < -0.39 is 14.8 Å². The van der Waals surface area contributed by atoms with Crippen LogP contribution in [0.5, 0.6) is 0 Å². The first-order valence-electron chi connectivity index (χ1n) is 8.74. The van der Waals surface area contributed by atoms with Crippen LogP contribution in [-0.2, 0) is 14.6 Å². The van der Waals surface area contributed by atoms with E-state index in [1.807, 2.05) is 23.1 Å². The van der Waals surface area contributed by atoms with Gasteiger partial charge in [-0.1, -0.05) is 41.7 Å². The van der Waals surface area contributed by atoms with E-state index in [9.17, 15) is 18.5 Å². The number of hydrogen-bond donors (Lipinski definition) is 0. The maximum Gasteiger partial charge on any atom is 0.305 e. The number of anilines is 1. The molecule has 9 heteroatoms. The first-order chi connectivity index (χ1) is 12.9. The lowest BCUT2D eigenvalue weighted by atomic mass is 9.84. The molecule has 0 unspecified atom stereocenters. The minimum absolute atomic E-state index is 0.0379. The highest BCUT2D eigenvalue weighted by molar-refractivity contribution is 7.92. The lowest BCUT2D eigenvalue weighted by molar-refractivity contribution is -0.383. The van der Waals surface area contributed by atoms with Gasteiger partial charge < -0.3 is 9.64 Å². The number of sulfone groups is 1. The van der Waals surface area contributed by atoms with Crippen molar-refractivity contribution in [2.24, 2.45) is 5.92 Å². The lowest BCUT2D eigenvalue weighted by Gasteiger charge is -2.32. The molecule has 27 heavy (non-hydrogen) atoms. The maximum atomic E-state index is 12.0. The van der Waals surface area contributed by atoms with Crippen LogP contribution in [0.25, 0.3) is 0 Å². The SMILES string of the molecule is CS(=O)(=O)c1cc([N+](=O)[O-])c(N2C[C@H](c3ccccc3)[C@H]3COCC[C@@H]32)s1. The van der Waals surface area contributed by atoms with Gasteiger partial charge in [-0.05, 0) is 12.0 Å². The number of hydrogen-bond acceptors (Lipinski definition) is 7. The molecule has 2 saturated heterocycles. The zero-order chi connectivity index (χ0) is 19.2. The zero-order valence-electron chi connectivity index (χ0n) is 14.8. The Bertz CT molecular complexity index is 957. The van der Waals surface area contributed by atoms with Crippen LogP contribution in [0.2, 0.25) is 0 Å². The van der Waals surface area contributed by atoms with Gasteiger partial charge in [-0.2, -0.15) is 0 Å². The van der Waals surface area contributed by atoms with Gasteiger partial charge in [0.05, 0.1) is 11.5 Å². The second-order valence-electron chi connectivity index (χ2n) is 7.05. The Morgan fingerprint density at radius 2 is 2.04 bits per heavy atom. The lowest BCUT2D eigenvalue weighted by Crippen LogP contribution is -2.38. The fourth-order valence-corrected chi connectivity index (χ4v) is 6.25. The van der Waals surface area contributed by atoms with E-state index in [-0.39, 0.29) is 27.8 Å². The molecule has 2 aromatic rings. The molecule has 4 rings (SSSR count). The van der Waals surface area contributed by atoms with Crippen molar-refractivity contribution in [1.29, 1.82) is 0 Å². The summed E-state index contributed by atoms with van der Waals surface area (Å²) in [6, 6.07) is 11.4. The molecule has 144 valence electrons. The average Bonchev–Trinajstić information content (AvgIpc) is 3.24. The highest BCUT2D eigenvalue weighted by Crippen LogP contribution is 2.48. The van der Waals surface area contributed by atoms with E-state index in [1.54, 1.807) is 0 Å². The standard InChI is InChI=1S/C18H20N2O5S2/c1-27(23,24)17-9-16(20(21)22)18(26-17)19-10-13(12-5-3-2-4-6-12)14-11-25-8-7-15(14)19/h2-6,9,13-15H,7-8,10-11H2,1H3/t13-,14-,15+/m1/s1. The van der Waals surface area contributed by atoms with Crippen molar-refractivity contribution in [3.63, 3.8) is 0 Å². The Hall–Kier alpha value is -1.97. The maximum absolute atomic E-state index is 12.0. The van der Waals surface area contributed by atoms with Gasteiger partial charge in [0.15, 0.2) is 14.8 Å². The van der Waals surface area contributed by atoms with Gasteiger partial charge in [0.25, 0.3) is 0 Å². The Morgan fingerprint density at radius 1 is 1.30 bits per heavy atom. The zero-order valence-corrected chi connectivity index (χ0v) is 16.4. The van der Waals surface area contributed by atoms with Crippen molar-refractivity contribution < 1.29 is 18.1 Å². The quantitative estimate of drug-likeness (QED) is 0.570. The predicted molar refractivity (Wildman–Crippen MR) is 103 cm³/mol. The van der Waals surface area contributed by atoms with Crippen LogP contribution in [0.15, 0.2) is 40.6 Å². The van der Waals surface area contributed by atoms with Gasteiger partial charge in [0.1, 0.15) is 4.21 Å². The predicted octanol–water partition coefficient (Wildman–Crippen LogP) is 3.07. The van der Waals surface area contributed by atoms with Gasteiger partial charge >= 0.3 is 5.69 Å². The third-order valence-corrected chi connectivity index (χ3v) is 8.36. The van der Waals surface area contributed by atoms with Gasteiger partial charge in [-0.15, -0.1) is 0 Å². The highest BCUT2D eigenvalue weighted by Gasteiger charge is 2.46. The smallest absolute Gasteiger partial charge is 0.305 e. The van der Waals surface area contributed by atoms with Crippen LogP contribution in [0.1, 0.15) is 17.9 Å². The molecular weight excluding hydrogens is 388 g/mol. The normalized spacial score (nSPS) is 25.4. The van der Waals surface area contributed by atoms with E-state index in [0.29, 0.717) is 24.8 Å². The van der Waals surface area contributed by atoms with Crippen molar-refractivity contribution >= 4 is 31.9 Å². The molecule has 3 heterocycles. The fourth-order valence-electron chi connectivity index (χ4n) is 4.16. The molecule has 2 aliphatic heterocycles. The van der Waals surface area contributed by atoms with E-state index in [1.165, 1.54) is 11.6 Å². The summed E-state index contributed by atoms with van der Waals surface area (Å²) in [5.41, 5.74) is 1.06. The monoisotopic (exact) mass is 408 g/mol. The Kier molecular flexibility index (Phi) is 4.69. The molecule has 0 bridgehead atoms. The number of fused-ring (bicyclic) bond motifs is 1. The topological polar surface area (TPSA) is 89.8 Å². The van der Waals surface area contributed by atoms with Crippen LogP contribution in [0, 0.1) is 16.0 Å². The number of nitro groups is 1. The number of rotatable bonds is 4. The second-order valence-corrected chi connectivity index (χ2v) is 10.3. The Morgan fingerprint density at radius 3 is 2.70 bits per heavy atom. The molecule has 1 aromatic heterocycles. The molecule has 1 aromatic carbocycles. The fraction of sp³-hybridized carbons (Fsp3) is 0.444. The molecule has 0 radical (unpaired) electrons. The van der Waals surface area contributed by atoms with Crippen molar-refractivity contribution in [1.82, 2.24) is 0 Å². The average molecular weight is 409 g/mol. The molecule has 7 nitrogen and oxygen atoms in total. The Balaban J connectivity index is 1.77. The van der Waals surface area contributed by atoms with Gasteiger partial charge in [-0.3, -0.25) is 10.1 Å². The van der Waals surface area contributed by atoms with Crippen LogP contribution >= 0.6 is 11.3 Å². The minimum Gasteiger partial charge on any atom is -0.381 e. The van der Waals surface area contributed by atoms with Crippen molar-refractivity contribution in [3.8, 4) is 0 Å². The molecule has 0 N–H and O–H groups in total. The van der Waals surface area contributed by atoms with Crippen molar-refractivity contribution in [2.75, 3.05) is 30.9 Å². The molecular formula is C18H20N2O5S2. The van der Waals surface area contributed by atoms with Crippen molar-refractivity contribution in [3.05, 3.63) is 52.1 Å². The van der Waals surface area contributed by atoms with E-state index in [4.69, 9.17) is 4.74 Å². The number of thiophene rings is 1. The van der Waals surface area contributed by atoms with Crippen LogP contribution < -0.4 is 4.90 Å². The van der Waals surface area contributed by atoms with E-state index >= 15 is 0 Å². The van der Waals surface area contributed by atoms with Crippen molar-refractivity contribution in [2.45, 2.75) is 22.6 Å². The summed E-state index contributed by atoms with van der Waals surface area (Å²) in [4.78, 5) is 13.2. The third kappa shape index (κ3) is 3.35. The summed E-state index contributed by atoms with van der Waals surface area (Å²) in [5.74, 6) is 0.421. The molecule has 0 saturated carbocycles. The number of benzene rings is 1. The molecule has 3 atom stereocenters. The summed E-state index contributed by atoms with van der Waals surface area (Å²) in [7, 11) is -3.50. The van der Waals surface area contributed by atoms with Crippen LogP contribution in [-0.4, -0.2) is 45.4 Å². The minimum atomic E-state index is -3.50. The summed E-state index contributed by atoms with van der Waals surface area (Å²) in [5, 5.41) is 12.0. The first-order valence-corrected chi connectivity index (χ1v) is 11.4. The van der Waals surface area contributed by atoms with Crippen LogP contribution in [0.3, 0.4) is 0 Å². The van der Waals surface area contributed by atoms with Gasteiger partial charge in [-0.25, -0.2) is 8.42 Å². The third-order valence-electron chi connectivity index (χ3n) is 5.39. The van der Waals surface area contributed by atoms with Gasteiger partial charge in [0, 0.05) is 43.4 Å². The summed E-state index contributed by atoms with van der Waals surface area (Å²) in [6.07, 6.45) is 1.86. The number of nitrogens with zero attached hydrogens (tertiary/aromatic N) is 2. The van der Waals surface area contributed by atoms with E-state index in [0.717, 1.165) is 24.0 Å². The molecule has 0 aliphatic carbocycles. The summed E-state index contributed by atoms with van der Waals surface area (Å²) in [6.45, 7) is 1.84. The largest absolute Gasteiger partial charge is 0.381 e. The van der Waals surface area contributed by atoms with E-state index in [2.05, 4.69) is 12.1 Å². The van der Waals surface area contributed by atoms with Gasteiger partial charge in [0.2, 0.25) is 0 Å². The highest BCUT2D eigenvalue weighted by atomic mass is 32.2. The molecule has 2 fully saturated rings. The molecule has 0 spiro atoms. The first kappa shape index (κ1) is 18.4.